The van der Waals surface area contributed by atoms with Gasteiger partial charge >= 0.3 is 0 Å². The lowest BCUT2D eigenvalue weighted by Gasteiger charge is -2.35. The first-order valence-corrected chi connectivity index (χ1v) is 12.1. The van der Waals surface area contributed by atoms with Gasteiger partial charge in [-0.05, 0) is 50.5 Å². The number of amides is 1. The molecule has 1 aromatic heterocycles. The predicted octanol–water partition coefficient (Wildman–Crippen LogP) is 5.77. The Kier molecular flexibility index (Phi) is 7.80. The van der Waals surface area contributed by atoms with Gasteiger partial charge < -0.3 is 9.64 Å². The van der Waals surface area contributed by atoms with E-state index in [1.54, 1.807) is 10.6 Å². The summed E-state index contributed by atoms with van der Waals surface area (Å²) >= 11 is 0. The number of hydrogen-bond acceptors (Lipinski definition) is 4. The Balaban J connectivity index is 2.29. The highest BCUT2D eigenvalue weighted by molar-refractivity contribution is 5.82. The molecule has 3 rings (SSSR count). The van der Waals surface area contributed by atoms with E-state index in [1.807, 2.05) is 82.0 Å². The summed E-state index contributed by atoms with van der Waals surface area (Å²) in [5, 5.41) is 0.528. The van der Waals surface area contributed by atoms with Crippen LogP contribution in [0.25, 0.3) is 16.6 Å². The zero-order chi connectivity index (χ0) is 25.0. The molecule has 1 heterocycles. The van der Waals surface area contributed by atoms with E-state index in [0.29, 0.717) is 47.2 Å². The summed E-state index contributed by atoms with van der Waals surface area (Å²) < 4.78 is 7.49. The lowest BCUT2D eigenvalue weighted by molar-refractivity contribution is -0.142. The molecule has 0 radical (unpaired) electrons. The Morgan fingerprint density at radius 2 is 1.71 bits per heavy atom. The van der Waals surface area contributed by atoms with Gasteiger partial charge in [-0.2, -0.15) is 0 Å². The van der Waals surface area contributed by atoms with Crippen LogP contribution in [0.1, 0.15) is 66.8 Å². The van der Waals surface area contributed by atoms with Gasteiger partial charge in [0.25, 0.3) is 5.56 Å². The van der Waals surface area contributed by atoms with Gasteiger partial charge in [0.2, 0.25) is 5.91 Å². The molecule has 1 atom stereocenters. The first-order valence-electron chi connectivity index (χ1n) is 12.1. The van der Waals surface area contributed by atoms with E-state index in [0.717, 1.165) is 6.42 Å². The summed E-state index contributed by atoms with van der Waals surface area (Å²) in [6, 6.07) is 14.4. The van der Waals surface area contributed by atoms with Crippen LogP contribution in [0.5, 0.6) is 5.75 Å². The number of fused-ring (bicyclic) bond motifs is 1. The third kappa shape index (κ3) is 5.32. The summed E-state index contributed by atoms with van der Waals surface area (Å²) in [5.74, 6) is 1.60. The van der Waals surface area contributed by atoms with E-state index < -0.39 is 11.5 Å². The minimum absolute atomic E-state index is 0.0349. The molecule has 0 aliphatic carbocycles. The van der Waals surface area contributed by atoms with E-state index in [9.17, 15) is 9.59 Å². The molecule has 0 fully saturated rings. The SMILES string of the molecule is CCOc1ccccc1-n1c(C(C)N(CCC(C)C)C(=O)C(C)(C)C)nc2ccccc2c1=O. The van der Waals surface area contributed by atoms with Crippen LogP contribution in [0.4, 0.5) is 0 Å². The zero-order valence-corrected chi connectivity index (χ0v) is 21.5. The van der Waals surface area contributed by atoms with Crippen LogP contribution in [0.15, 0.2) is 53.3 Å². The monoisotopic (exact) mass is 463 g/mol. The van der Waals surface area contributed by atoms with Crippen LogP contribution >= 0.6 is 0 Å². The molecular formula is C28H37N3O3. The van der Waals surface area contributed by atoms with Gasteiger partial charge in [-0.15, -0.1) is 0 Å². The largest absolute Gasteiger partial charge is 0.492 e. The highest BCUT2D eigenvalue weighted by Gasteiger charge is 2.33. The molecular weight excluding hydrogens is 426 g/mol. The average Bonchev–Trinajstić information content (AvgIpc) is 2.79. The second kappa shape index (κ2) is 10.4. The smallest absolute Gasteiger partial charge is 0.266 e. The molecule has 0 bridgehead atoms. The molecule has 1 amide bonds. The van der Waals surface area contributed by atoms with Gasteiger partial charge in [0.1, 0.15) is 11.6 Å². The number of carbonyl (C=O) groups is 1. The van der Waals surface area contributed by atoms with Crippen molar-refractivity contribution in [2.75, 3.05) is 13.2 Å². The number of hydrogen-bond donors (Lipinski definition) is 0. The standard InChI is InChI=1S/C28H37N3O3/c1-8-34-24-16-12-11-15-23(24)31-25(29-22-14-10-9-13-21(22)26(31)32)20(4)30(18-17-19(2)3)27(33)28(5,6)7/h9-16,19-20H,8,17-18H2,1-7H3. The van der Waals surface area contributed by atoms with Crippen molar-refractivity contribution in [1.29, 1.82) is 0 Å². The Morgan fingerprint density at radius 3 is 2.35 bits per heavy atom. The minimum atomic E-state index is -0.559. The molecule has 0 N–H and O–H groups in total. The van der Waals surface area contributed by atoms with E-state index in [2.05, 4.69) is 13.8 Å². The van der Waals surface area contributed by atoms with Crippen LogP contribution in [0.2, 0.25) is 0 Å². The van der Waals surface area contributed by atoms with Crippen molar-refractivity contribution in [3.63, 3.8) is 0 Å². The molecule has 1 unspecified atom stereocenters. The Hall–Kier alpha value is -3.15. The maximum atomic E-state index is 13.8. The van der Waals surface area contributed by atoms with Crippen molar-refractivity contribution in [2.45, 2.75) is 60.9 Å². The number of rotatable bonds is 8. The number of carbonyl (C=O) groups excluding carboxylic acids is 1. The van der Waals surface area contributed by atoms with E-state index in [-0.39, 0.29) is 11.5 Å². The van der Waals surface area contributed by atoms with E-state index >= 15 is 0 Å². The molecule has 6 nitrogen and oxygen atoms in total. The highest BCUT2D eigenvalue weighted by atomic mass is 16.5. The van der Waals surface area contributed by atoms with Gasteiger partial charge in [0.05, 0.1) is 29.2 Å². The number of ether oxygens (including phenoxy) is 1. The Bertz CT molecular complexity index is 1210. The Morgan fingerprint density at radius 1 is 1.06 bits per heavy atom. The number of para-hydroxylation sites is 3. The van der Waals surface area contributed by atoms with E-state index in [1.165, 1.54) is 0 Å². The molecule has 3 aromatic rings. The van der Waals surface area contributed by atoms with Crippen molar-refractivity contribution < 1.29 is 9.53 Å². The highest BCUT2D eigenvalue weighted by Crippen LogP contribution is 2.30. The number of nitrogens with zero attached hydrogens (tertiary/aromatic N) is 3. The molecule has 2 aromatic carbocycles. The van der Waals surface area contributed by atoms with Crippen LogP contribution in [-0.4, -0.2) is 33.5 Å². The first-order chi connectivity index (χ1) is 16.1. The molecule has 0 aliphatic rings. The third-order valence-electron chi connectivity index (χ3n) is 5.90. The third-order valence-corrected chi connectivity index (χ3v) is 5.90. The van der Waals surface area contributed by atoms with Gasteiger partial charge in [0, 0.05) is 12.0 Å². The van der Waals surface area contributed by atoms with Crippen molar-refractivity contribution in [3.8, 4) is 11.4 Å². The number of benzene rings is 2. The maximum absolute atomic E-state index is 13.8. The summed E-state index contributed by atoms with van der Waals surface area (Å²) in [5.41, 5.74) is 0.510. The maximum Gasteiger partial charge on any atom is 0.266 e. The topological polar surface area (TPSA) is 64.4 Å². The fourth-order valence-corrected chi connectivity index (χ4v) is 4.02. The normalized spacial score (nSPS) is 12.7. The van der Waals surface area contributed by atoms with Crippen molar-refractivity contribution in [1.82, 2.24) is 14.5 Å². The molecule has 0 saturated carbocycles. The summed E-state index contributed by atoms with van der Waals surface area (Å²) in [6.45, 7) is 15.0. The van der Waals surface area contributed by atoms with Crippen molar-refractivity contribution >= 4 is 16.8 Å². The average molecular weight is 464 g/mol. The van der Waals surface area contributed by atoms with Crippen molar-refractivity contribution in [2.24, 2.45) is 11.3 Å². The zero-order valence-electron chi connectivity index (χ0n) is 21.5. The molecule has 0 aliphatic heterocycles. The fourth-order valence-electron chi connectivity index (χ4n) is 4.02. The number of aromatic nitrogens is 2. The van der Waals surface area contributed by atoms with Gasteiger partial charge in [-0.25, -0.2) is 4.98 Å². The summed E-state index contributed by atoms with van der Waals surface area (Å²) in [6.07, 6.45) is 0.861. The second-order valence-corrected chi connectivity index (χ2v) is 10.1. The van der Waals surface area contributed by atoms with Crippen LogP contribution in [0, 0.1) is 11.3 Å². The molecule has 34 heavy (non-hydrogen) atoms. The minimum Gasteiger partial charge on any atom is -0.492 e. The Labute approximate surface area is 202 Å². The first kappa shape index (κ1) is 25.5. The molecule has 182 valence electrons. The van der Waals surface area contributed by atoms with Gasteiger partial charge in [0.15, 0.2) is 0 Å². The van der Waals surface area contributed by atoms with Gasteiger partial charge in [-0.1, -0.05) is 58.9 Å². The second-order valence-electron chi connectivity index (χ2n) is 10.1. The quantitative estimate of drug-likeness (QED) is 0.426. The predicted molar refractivity (Wildman–Crippen MR) is 138 cm³/mol. The summed E-state index contributed by atoms with van der Waals surface area (Å²) in [4.78, 5) is 34.2. The van der Waals surface area contributed by atoms with Gasteiger partial charge in [-0.3, -0.25) is 14.2 Å². The fraction of sp³-hybridized carbons (Fsp3) is 0.464. The van der Waals surface area contributed by atoms with Crippen LogP contribution < -0.4 is 10.3 Å². The lowest BCUT2D eigenvalue weighted by atomic mass is 9.93. The van der Waals surface area contributed by atoms with Crippen LogP contribution in [0.3, 0.4) is 0 Å². The lowest BCUT2D eigenvalue weighted by Crippen LogP contribution is -2.43. The molecule has 0 spiro atoms. The molecule has 6 heteroatoms. The van der Waals surface area contributed by atoms with Crippen LogP contribution in [-0.2, 0) is 4.79 Å². The van der Waals surface area contributed by atoms with Crippen molar-refractivity contribution in [3.05, 3.63) is 64.7 Å². The molecule has 0 saturated heterocycles. The van der Waals surface area contributed by atoms with E-state index in [4.69, 9.17) is 9.72 Å². The summed E-state index contributed by atoms with van der Waals surface area (Å²) in [7, 11) is 0.